The maximum atomic E-state index is 5.04. The summed E-state index contributed by atoms with van der Waals surface area (Å²) in [6.07, 6.45) is 2.20. The van der Waals surface area contributed by atoms with Crippen molar-refractivity contribution in [1.29, 1.82) is 0 Å². The van der Waals surface area contributed by atoms with Crippen LogP contribution in [0.15, 0.2) is 231 Å². The fraction of sp³-hybridized carbons (Fsp3) is 0. The average Bonchev–Trinajstić information content (AvgIpc) is 4.08. The van der Waals surface area contributed by atoms with Crippen LogP contribution in [0.1, 0.15) is 0 Å². The van der Waals surface area contributed by atoms with Gasteiger partial charge in [0, 0.05) is 66.9 Å². The third kappa shape index (κ3) is 5.99. The monoisotopic (exact) mass is 830 g/mol. The van der Waals surface area contributed by atoms with E-state index in [1.54, 1.807) is 0 Å². The Morgan fingerprint density at radius 2 is 0.785 bits per heavy atom. The van der Waals surface area contributed by atoms with E-state index in [1.807, 2.05) is 60.7 Å². The van der Waals surface area contributed by atoms with Crippen LogP contribution in [0.4, 0.5) is 0 Å². The molecule has 0 aliphatic rings. The standard InChI is InChI=1S/C59H38N6/c1-5-17-39(18-6-1)57-60-58(40-19-7-2-8-20-40)62-59(61-57)43-23-15-21-41(37-43)42-22-16-28-46(38-42)65-52-30-14-13-29-47(52)48-31-34-53-54(56(48)65)50-32-33-51-49(35-36-63(51)44-24-9-3-10-25-44)55(50)64(53)45-26-11-4-12-27-45/h1-38H. The molecule has 4 heterocycles. The molecule has 304 valence electrons. The fourth-order valence-electron chi connectivity index (χ4n) is 9.79. The van der Waals surface area contributed by atoms with Crippen molar-refractivity contribution >= 4 is 54.5 Å². The zero-order valence-electron chi connectivity index (χ0n) is 35.1. The van der Waals surface area contributed by atoms with Crippen molar-refractivity contribution in [3.63, 3.8) is 0 Å². The van der Waals surface area contributed by atoms with E-state index < -0.39 is 0 Å². The summed E-state index contributed by atoms with van der Waals surface area (Å²) in [5.41, 5.74) is 14.2. The van der Waals surface area contributed by atoms with Crippen LogP contribution in [0.5, 0.6) is 0 Å². The first-order valence-electron chi connectivity index (χ1n) is 21.9. The Hall–Kier alpha value is -8.87. The normalized spacial score (nSPS) is 11.7. The van der Waals surface area contributed by atoms with Gasteiger partial charge in [-0.1, -0.05) is 152 Å². The number of nitrogens with zero attached hydrogens (tertiary/aromatic N) is 6. The predicted octanol–water partition coefficient (Wildman–Crippen LogP) is 14.7. The van der Waals surface area contributed by atoms with Crippen LogP contribution >= 0.6 is 0 Å². The van der Waals surface area contributed by atoms with Gasteiger partial charge in [-0.05, 0) is 83.9 Å². The molecule has 0 atom stereocenters. The second-order valence-electron chi connectivity index (χ2n) is 16.5. The molecule has 0 bridgehead atoms. The molecule has 13 aromatic rings. The van der Waals surface area contributed by atoms with Crippen molar-refractivity contribution in [2.45, 2.75) is 0 Å². The Labute approximate surface area is 374 Å². The van der Waals surface area contributed by atoms with Crippen molar-refractivity contribution in [2.24, 2.45) is 0 Å². The Morgan fingerprint density at radius 1 is 0.277 bits per heavy atom. The van der Waals surface area contributed by atoms with Crippen molar-refractivity contribution in [1.82, 2.24) is 28.7 Å². The van der Waals surface area contributed by atoms with Crippen LogP contribution in [-0.4, -0.2) is 28.7 Å². The van der Waals surface area contributed by atoms with Crippen LogP contribution < -0.4 is 0 Å². The molecule has 0 N–H and O–H groups in total. The zero-order chi connectivity index (χ0) is 42.8. The van der Waals surface area contributed by atoms with Crippen LogP contribution in [-0.2, 0) is 0 Å². The maximum absolute atomic E-state index is 5.04. The van der Waals surface area contributed by atoms with Gasteiger partial charge in [0.15, 0.2) is 17.5 Å². The summed E-state index contributed by atoms with van der Waals surface area (Å²) < 4.78 is 7.22. The van der Waals surface area contributed by atoms with E-state index in [-0.39, 0.29) is 0 Å². The van der Waals surface area contributed by atoms with E-state index in [4.69, 9.17) is 15.0 Å². The molecule has 0 saturated carbocycles. The maximum Gasteiger partial charge on any atom is 0.164 e. The van der Waals surface area contributed by atoms with E-state index in [2.05, 4.69) is 184 Å². The molecule has 0 amide bonds. The van der Waals surface area contributed by atoms with Crippen LogP contribution in [0, 0.1) is 0 Å². The largest absolute Gasteiger partial charge is 0.316 e. The van der Waals surface area contributed by atoms with E-state index in [0.717, 1.165) is 55.9 Å². The van der Waals surface area contributed by atoms with Gasteiger partial charge in [0.25, 0.3) is 0 Å². The summed E-state index contributed by atoms with van der Waals surface area (Å²) in [5, 5.41) is 6.06. The van der Waals surface area contributed by atoms with Crippen molar-refractivity contribution in [3.8, 4) is 62.4 Å². The highest BCUT2D eigenvalue weighted by atomic mass is 15.0. The number of hydrogen-bond acceptors (Lipinski definition) is 3. The molecule has 0 radical (unpaired) electrons. The quantitative estimate of drug-likeness (QED) is 0.161. The molecule has 9 aromatic carbocycles. The molecule has 0 saturated heterocycles. The Kier molecular flexibility index (Phi) is 8.42. The third-order valence-corrected chi connectivity index (χ3v) is 12.7. The van der Waals surface area contributed by atoms with E-state index in [0.29, 0.717) is 17.5 Å². The highest BCUT2D eigenvalue weighted by molar-refractivity contribution is 6.29. The van der Waals surface area contributed by atoms with Gasteiger partial charge in [-0.2, -0.15) is 0 Å². The van der Waals surface area contributed by atoms with Crippen molar-refractivity contribution in [2.75, 3.05) is 0 Å². The van der Waals surface area contributed by atoms with Gasteiger partial charge in [-0.25, -0.2) is 15.0 Å². The molecule has 0 aliphatic carbocycles. The lowest BCUT2D eigenvalue weighted by Crippen LogP contribution is -2.00. The van der Waals surface area contributed by atoms with Crippen LogP contribution in [0.3, 0.4) is 0 Å². The lowest BCUT2D eigenvalue weighted by Gasteiger charge is -2.12. The summed E-state index contributed by atoms with van der Waals surface area (Å²) in [7, 11) is 0. The van der Waals surface area contributed by atoms with Crippen molar-refractivity contribution in [3.05, 3.63) is 231 Å². The summed E-state index contributed by atoms with van der Waals surface area (Å²) in [6.45, 7) is 0. The molecule has 6 heteroatoms. The highest BCUT2D eigenvalue weighted by Gasteiger charge is 2.23. The SMILES string of the molecule is c1ccc(-c2nc(-c3ccccc3)nc(-c3cccc(-c4cccc(-n5c6ccccc6c6ccc7c(c8ccc9c(ccn9-c9ccccc9)c8n7-c7ccccc7)c65)c4)c3)n2)cc1. The number of hydrogen-bond donors (Lipinski definition) is 0. The number of rotatable bonds is 7. The number of para-hydroxylation sites is 3. The van der Waals surface area contributed by atoms with Gasteiger partial charge in [0.1, 0.15) is 0 Å². The average molecular weight is 831 g/mol. The molecule has 4 aromatic heterocycles. The Morgan fingerprint density at radius 3 is 1.49 bits per heavy atom. The van der Waals surface area contributed by atoms with E-state index in [9.17, 15) is 0 Å². The second kappa shape index (κ2) is 14.9. The zero-order valence-corrected chi connectivity index (χ0v) is 35.1. The smallest absolute Gasteiger partial charge is 0.164 e. The molecular formula is C59H38N6. The topological polar surface area (TPSA) is 53.5 Å². The predicted molar refractivity (Wildman–Crippen MR) is 267 cm³/mol. The molecule has 0 unspecified atom stereocenters. The second-order valence-corrected chi connectivity index (χ2v) is 16.5. The summed E-state index contributed by atoms with van der Waals surface area (Å²) in [4.78, 5) is 15.0. The van der Waals surface area contributed by atoms with Crippen molar-refractivity contribution < 1.29 is 0 Å². The van der Waals surface area contributed by atoms with Gasteiger partial charge in [-0.15, -0.1) is 0 Å². The Bertz CT molecular complexity index is 3870. The molecular weight excluding hydrogens is 793 g/mol. The van der Waals surface area contributed by atoms with Crippen LogP contribution in [0.2, 0.25) is 0 Å². The van der Waals surface area contributed by atoms with Crippen LogP contribution in [0.25, 0.3) is 117 Å². The van der Waals surface area contributed by atoms with Gasteiger partial charge in [-0.3, -0.25) is 0 Å². The Balaban J connectivity index is 1.02. The van der Waals surface area contributed by atoms with Gasteiger partial charge in [0.2, 0.25) is 0 Å². The minimum atomic E-state index is 0.628. The summed E-state index contributed by atoms with van der Waals surface area (Å²) >= 11 is 0. The number of aromatic nitrogens is 6. The number of fused-ring (bicyclic) bond motifs is 9. The van der Waals surface area contributed by atoms with E-state index >= 15 is 0 Å². The lowest BCUT2D eigenvalue weighted by atomic mass is 10.0. The molecule has 0 aliphatic heterocycles. The fourth-order valence-corrected chi connectivity index (χ4v) is 9.79. The third-order valence-electron chi connectivity index (χ3n) is 12.7. The minimum Gasteiger partial charge on any atom is -0.316 e. The van der Waals surface area contributed by atoms with Gasteiger partial charge < -0.3 is 13.7 Å². The molecule has 0 spiro atoms. The minimum absolute atomic E-state index is 0.628. The van der Waals surface area contributed by atoms with E-state index in [1.165, 1.54) is 43.5 Å². The first-order valence-corrected chi connectivity index (χ1v) is 21.9. The highest BCUT2D eigenvalue weighted by Crippen LogP contribution is 2.44. The van der Waals surface area contributed by atoms with Gasteiger partial charge >= 0.3 is 0 Å². The first kappa shape index (κ1) is 36.8. The molecule has 6 nitrogen and oxygen atoms in total. The van der Waals surface area contributed by atoms with Gasteiger partial charge in [0.05, 0.1) is 27.6 Å². The molecule has 65 heavy (non-hydrogen) atoms. The summed E-state index contributed by atoms with van der Waals surface area (Å²) in [6, 6.07) is 79.4. The number of benzene rings is 9. The summed E-state index contributed by atoms with van der Waals surface area (Å²) in [5.74, 6) is 1.91. The molecule has 0 fully saturated rings. The lowest BCUT2D eigenvalue weighted by molar-refractivity contribution is 1.07. The first-order chi connectivity index (χ1) is 32.2. The molecule has 13 rings (SSSR count).